The SMILES string of the molecule is COc1ccc(-c2[nH]c3ccc(-c4ccc(NC5CCCNC5)cc4)cc3c2C(C)C)cc1OC. The van der Waals surface area contributed by atoms with E-state index < -0.39 is 0 Å². The third-order valence-electron chi connectivity index (χ3n) is 6.97. The van der Waals surface area contributed by atoms with Gasteiger partial charge in [-0.05, 0) is 84.5 Å². The number of aromatic nitrogens is 1. The topological polar surface area (TPSA) is 58.3 Å². The van der Waals surface area contributed by atoms with Crippen LogP contribution >= 0.6 is 0 Å². The molecule has 0 aliphatic carbocycles. The molecular formula is C30H35N3O2. The van der Waals surface area contributed by atoms with E-state index in [1.807, 2.05) is 12.1 Å². The largest absolute Gasteiger partial charge is 0.493 e. The third-order valence-corrected chi connectivity index (χ3v) is 6.97. The molecule has 1 saturated heterocycles. The van der Waals surface area contributed by atoms with E-state index >= 15 is 0 Å². The third kappa shape index (κ3) is 4.73. The average molecular weight is 470 g/mol. The molecule has 5 rings (SSSR count). The van der Waals surface area contributed by atoms with Crippen LogP contribution in [0.25, 0.3) is 33.3 Å². The molecule has 0 saturated carbocycles. The predicted molar refractivity (Wildman–Crippen MR) is 146 cm³/mol. The number of ether oxygens (including phenoxy) is 2. The van der Waals surface area contributed by atoms with Crippen LogP contribution in [-0.2, 0) is 0 Å². The summed E-state index contributed by atoms with van der Waals surface area (Å²) in [6.45, 7) is 6.66. The van der Waals surface area contributed by atoms with Gasteiger partial charge in [0, 0.05) is 34.7 Å². The number of fused-ring (bicyclic) bond motifs is 1. The van der Waals surface area contributed by atoms with E-state index in [2.05, 4.69) is 78.0 Å². The summed E-state index contributed by atoms with van der Waals surface area (Å²) in [5, 5.41) is 8.40. The van der Waals surface area contributed by atoms with E-state index in [1.165, 1.54) is 40.6 Å². The maximum absolute atomic E-state index is 5.56. The van der Waals surface area contributed by atoms with Gasteiger partial charge < -0.3 is 25.1 Å². The van der Waals surface area contributed by atoms with E-state index in [1.54, 1.807) is 14.2 Å². The van der Waals surface area contributed by atoms with Gasteiger partial charge in [0.2, 0.25) is 0 Å². The lowest BCUT2D eigenvalue weighted by Crippen LogP contribution is -2.38. The number of benzene rings is 3. The van der Waals surface area contributed by atoms with E-state index in [9.17, 15) is 0 Å². The van der Waals surface area contributed by atoms with Gasteiger partial charge in [-0.2, -0.15) is 0 Å². The smallest absolute Gasteiger partial charge is 0.161 e. The molecule has 0 bridgehead atoms. The van der Waals surface area contributed by atoms with Crippen molar-refractivity contribution in [1.82, 2.24) is 10.3 Å². The predicted octanol–water partition coefficient (Wildman–Crippen LogP) is 6.81. The number of nitrogens with one attached hydrogen (secondary N) is 3. The van der Waals surface area contributed by atoms with Gasteiger partial charge in [0.1, 0.15) is 0 Å². The molecule has 0 spiro atoms. The van der Waals surface area contributed by atoms with Crippen molar-refractivity contribution >= 4 is 16.6 Å². The van der Waals surface area contributed by atoms with Crippen molar-refractivity contribution in [2.45, 2.75) is 38.6 Å². The van der Waals surface area contributed by atoms with Crippen molar-refractivity contribution in [2.24, 2.45) is 0 Å². The fraction of sp³-hybridized carbons (Fsp3) is 0.333. The Kier molecular flexibility index (Phi) is 6.69. The van der Waals surface area contributed by atoms with Crippen molar-refractivity contribution in [1.29, 1.82) is 0 Å². The Morgan fingerprint density at radius 1 is 0.857 bits per heavy atom. The quantitative estimate of drug-likeness (QED) is 0.278. The lowest BCUT2D eigenvalue weighted by atomic mass is 9.94. The average Bonchev–Trinajstić information content (AvgIpc) is 3.28. The Balaban J connectivity index is 1.49. The number of rotatable bonds is 7. The highest BCUT2D eigenvalue weighted by Crippen LogP contribution is 2.40. The summed E-state index contributed by atoms with van der Waals surface area (Å²) in [5.74, 6) is 1.83. The Hall–Kier alpha value is -3.44. The highest BCUT2D eigenvalue weighted by Gasteiger charge is 2.18. The number of H-pyrrole nitrogens is 1. The zero-order valence-corrected chi connectivity index (χ0v) is 21.1. The number of hydrogen-bond donors (Lipinski definition) is 3. The fourth-order valence-electron chi connectivity index (χ4n) is 5.18. The summed E-state index contributed by atoms with van der Waals surface area (Å²) in [7, 11) is 3.34. The molecule has 1 atom stereocenters. The molecule has 2 heterocycles. The number of hydrogen-bond acceptors (Lipinski definition) is 4. The van der Waals surface area contributed by atoms with Gasteiger partial charge in [0.05, 0.1) is 19.9 Å². The molecule has 3 aromatic carbocycles. The molecular weight excluding hydrogens is 434 g/mol. The summed E-state index contributed by atoms with van der Waals surface area (Å²) in [6.07, 6.45) is 2.45. The van der Waals surface area contributed by atoms with E-state index in [-0.39, 0.29) is 0 Å². The standard InChI is InChI=1S/C30H35N3O2/c1-19(2)29-25-16-21(20-7-11-23(12-8-20)32-24-6-5-15-31-18-24)9-13-26(25)33-30(29)22-10-14-27(34-3)28(17-22)35-4/h7-14,16-17,19,24,31-33H,5-6,15,18H2,1-4H3. The van der Waals surface area contributed by atoms with Crippen LogP contribution in [0, 0.1) is 0 Å². The molecule has 1 aromatic heterocycles. The Morgan fingerprint density at radius 3 is 2.29 bits per heavy atom. The van der Waals surface area contributed by atoms with Gasteiger partial charge in [-0.15, -0.1) is 0 Å². The monoisotopic (exact) mass is 469 g/mol. The van der Waals surface area contributed by atoms with Crippen LogP contribution in [0.3, 0.4) is 0 Å². The second-order valence-electron chi connectivity index (χ2n) is 9.66. The summed E-state index contributed by atoms with van der Waals surface area (Å²) in [5.41, 5.74) is 8.32. The summed E-state index contributed by atoms with van der Waals surface area (Å²) < 4.78 is 11.0. The zero-order chi connectivity index (χ0) is 24.4. The minimum Gasteiger partial charge on any atom is -0.493 e. The van der Waals surface area contributed by atoms with Crippen LogP contribution in [0.2, 0.25) is 0 Å². The Bertz CT molecular complexity index is 1300. The minimum atomic E-state index is 0.359. The molecule has 182 valence electrons. The molecule has 0 radical (unpaired) electrons. The molecule has 1 aliphatic heterocycles. The molecule has 4 aromatic rings. The van der Waals surface area contributed by atoms with Crippen LogP contribution in [0.1, 0.15) is 38.2 Å². The highest BCUT2D eigenvalue weighted by atomic mass is 16.5. The number of anilines is 1. The summed E-state index contributed by atoms with van der Waals surface area (Å²) in [6, 6.07) is 22.2. The first-order valence-corrected chi connectivity index (χ1v) is 12.5. The number of piperidine rings is 1. The fourth-order valence-corrected chi connectivity index (χ4v) is 5.18. The minimum absolute atomic E-state index is 0.359. The molecule has 35 heavy (non-hydrogen) atoms. The second-order valence-corrected chi connectivity index (χ2v) is 9.66. The van der Waals surface area contributed by atoms with Crippen molar-refractivity contribution in [3.05, 3.63) is 66.2 Å². The maximum Gasteiger partial charge on any atom is 0.161 e. The lowest BCUT2D eigenvalue weighted by molar-refractivity contribution is 0.355. The highest BCUT2D eigenvalue weighted by molar-refractivity contribution is 5.94. The first-order chi connectivity index (χ1) is 17.1. The van der Waals surface area contributed by atoms with E-state index in [0.717, 1.165) is 41.4 Å². The van der Waals surface area contributed by atoms with Crippen LogP contribution in [-0.4, -0.2) is 38.3 Å². The van der Waals surface area contributed by atoms with Crippen molar-refractivity contribution in [3.8, 4) is 33.9 Å². The molecule has 3 N–H and O–H groups in total. The van der Waals surface area contributed by atoms with Crippen molar-refractivity contribution in [3.63, 3.8) is 0 Å². The van der Waals surface area contributed by atoms with Gasteiger partial charge in [-0.25, -0.2) is 0 Å². The lowest BCUT2D eigenvalue weighted by Gasteiger charge is -2.24. The van der Waals surface area contributed by atoms with Crippen LogP contribution in [0.15, 0.2) is 60.7 Å². The molecule has 5 heteroatoms. The molecule has 1 fully saturated rings. The number of methoxy groups -OCH3 is 2. The van der Waals surface area contributed by atoms with Gasteiger partial charge >= 0.3 is 0 Å². The van der Waals surface area contributed by atoms with Gasteiger partial charge in [-0.3, -0.25) is 0 Å². The molecule has 0 amide bonds. The van der Waals surface area contributed by atoms with Crippen LogP contribution < -0.4 is 20.1 Å². The molecule has 1 aliphatic rings. The molecule has 1 unspecified atom stereocenters. The number of aromatic amines is 1. The van der Waals surface area contributed by atoms with Crippen LogP contribution in [0.5, 0.6) is 11.5 Å². The molecule has 5 nitrogen and oxygen atoms in total. The van der Waals surface area contributed by atoms with Gasteiger partial charge in [0.15, 0.2) is 11.5 Å². The maximum atomic E-state index is 5.56. The van der Waals surface area contributed by atoms with Crippen LogP contribution in [0.4, 0.5) is 5.69 Å². The Labute approximate surface area is 207 Å². The summed E-state index contributed by atoms with van der Waals surface area (Å²) in [4.78, 5) is 3.67. The first kappa shape index (κ1) is 23.3. The van der Waals surface area contributed by atoms with E-state index in [4.69, 9.17) is 9.47 Å². The first-order valence-electron chi connectivity index (χ1n) is 12.5. The van der Waals surface area contributed by atoms with Crippen molar-refractivity contribution < 1.29 is 9.47 Å². The van der Waals surface area contributed by atoms with Gasteiger partial charge in [0.25, 0.3) is 0 Å². The summed E-state index contributed by atoms with van der Waals surface area (Å²) >= 11 is 0. The van der Waals surface area contributed by atoms with Gasteiger partial charge in [-0.1, -0.05) is 32.0 Å². The Morgan fingerprint density at radius 2 is 1.60 bits per heavy atom. The van der Waals surface area contributed by atoms with Crippen molar-refractivity contribution in [2.75, 3.05) is 32.6 Å². The second kappa shape index (κ2) is 10.0. The zero-order valence-electron chi connectivity index (χ0n) is 21.1. The normalized spacial score (nSPS) is 16.0. The van der Waals surface area contributed by atoms with E-state index in [0.29, 0.717) is 12.0 Å².